The maximum atomic E-state index is 12.8. The number of rotatable bonds is 8. The number of benzene rings is 1. The van der Waals surface area contributed by atoms with Crippen LogP contribution in [0.15, 0.2) is 68.6 Å². The molecule has 0 aliphatic heterocycles. The van der Waals surface area contributed by atoms with Crippen molar-refractivity contribution in [3.8, 4) is 5.75 Å². The highest BCUT2D eigenvalue weighted by Gasteiger charge is 2.15. The SMILES string of the molecule is CC/C(C)=C/C(C)=C\C(=C\c1c(OCc2ccccc2)c(Br)nn(C)c1=O)CC. The molecule has 0 bridgehead atoms. The predicted octanol–water partition coefficient (Wildman–Crippen LogP) is 6.22. The smallest absolute Gasteiger partial charge is 0.277 e. The van der Waals surface area contributed by atoms with Gasteiger partial charge in [0.1, 0.15) is 6.61 Å². The number of aryl methyl sites for hydroxylation is 1. The maximum Gasteiger partial charge on any atom is 0.277 e. The first-order valence-electron chi connectivity index (χ1n) is 9.85. The van der Waals surface area contributed by atoms with Crippen molar-refractivity contribution in [2.45, 2.75) is 47.1 Å². The van der Waals surface area contributed by atoms with Crippen molar-refractivity contribution in [2.24, 2.45) is 7.05 Å². The third-order valence-electron chi connectivity index (χ3n) is 4.60. The summed E-state index contributed by atoms with van der Waals surface area (Å²) >= 11 is 3.46. The van der Waals surface area contributed by atoms with Crippen molar-refractivity contribution in [1.29, 1.82) is 0 Å². The molecule has 0 radical (unpaired) electrons. The van der Waals surface area contributed by atoms with Crippen molar-refractivity contribution in [3.05, 3.63) is 85.3 Å². The van der Waals surface area contributed by atoms with Crippen molar-refractivity contribution in [1.82, 2.24) is 9.78 Å². The first-order valence-corrected chi connectivity index (χ1v) is 10.6. The molecule has 0 atom stereocenters. The Morgan fingerprint density at radius 2 is 1.83 bits per heavy atom. The Morgan fingerprint density at radius 1 is 1.14 bits per heavy atom. The summed E-state index contributed by atoms with van der Waals surface area (Å²) < 4.78 is 7.87. The van der Waals surface area contributed by atoms with Gasteiger partial charge in [-0.25, -0.2) is 4.68 Å². The normalized spacial score (nSPS) is 13.0. The molecule has 0 unspecified atom stereocenters. The van der Waals surface area contributed by atoms with Gasteiger partial charge in [-0.1, -0.05) is 67.5 Å². The summed E-state index contributed by atoms with van der Waals surface area (Å²) in [5.41, 5.74) is 4.89. The van der Waals surface area contributed by atoms with Gasteiger partial charge in [-0.05, 0) is 59.8 Å². The highest BCUT2D eigenvalue weighted by atomic mass is 79.9. The first-order chi connectivity index (χ1) is 13.8. The fourth-order valence-corrected chi connectivity index (χ4v) is 3.42. The molecular formula is C24H29BrN2O2. The maximum absolute atomic E-state index is 12.8. The van der Waals surface area contributed by atoms with E-state index >= 15 is 0 Å². The minimum atomic E-state index is -0.187. The number of hydrogen-bond donors (Lipinski definition) is 0. The van der Waals surface area contributed by atoms with Crippen LogP contribution in [0.4, 0.5) is 0 Å². The fourth-order valence-electron chi connectivity index (χ4n) is 2.86. The molecule has 1 aromatic carbocycles. The first kappa shape index (κ1) is 22.9. The van der Waals surface area contributed by atoms with E-state index in [0.717, 1.165) is 29.6 Å². The zero-order valence-corrected chi connectivity index (χ0v) is 19.4. The van der Waals surface area contributed by atoms with E-state index < -0.39 is 0 Å². The zero-order valence-electron chi connectivity index (χ0n) is 17.8. The number of nitrogens with zero attached hydrogens (tertiary/aromatic N) is 2. The third-order valence-corrected chi connectivity index (χ3v) is 5.12. The molecule has 0 aliphatic carbocycles. The largest absolute Gasteiger partial charge is 0.485 e. The molecule has 0 saturated heterocycles. The Labute approximate surface area is 181 Å². The van der Waals surface area contributed by atoms with Crippen LogP contribution in [-0.4, -0.2) is 9.78 Å². The van der Waals surface area contributed by atoms with E-state index in [2.05, 4.69) is 60.9 Å². The topological polar surface area (TPSA) is 44.1 Å². The van der Waals surface area contributed by atoms with E-state index in [1.54, 1.807) is 7.05 Å². The van der Waals surface area contributed by atoms with Gasteiger partial charge in [-0.3, -0.25) is 4.79 Å². The second-order valence-electron chi connectivity index (χ2n) is 7.04. The number of ether oxygens (including phenoxy) is 1. The Bertz CT molecular complexity index is 986. The van der Waals surface area contributed by atoms with Gasteiger partial charge in [0.05, 0.1) is 5.56 Å². The van der Waals surface area contributed by atoms with E-state index in [4.69, 9.17) is 4.74 Å². The molecule has 2 rings (SSSR count). The van der Waals surface area contributed by atoms with Crippen LogP contribution in [0.3, 0.4) is 0 Å². The molecule has 0 saturated carbocycles. The summed E-state index contributed by atoms with van der Waals surface area (Å²) in [6.07, 6.45) is 8.03. The Morgan fingerprint density at radius 3 is 2.45 bits per heavy atom. The van der Waals surface area contributed by atoms with Crippen LogP contribution in [0, 0.1) is 0 Å². The van der Waals surface area contributed by atoms with Gasteiger partial charge >= 0.3 is 0 Å². The summed E-state index contributed by atoms with van der Waals surface area (Å²) in [5.74, 6) is 0.467. The number of halogens is 1. The Hall–Kier alpha value is -2.40. The zero-order chi connectivity index (χ0) is 21.4. The molecule has 1 heterocycles. The van der Waals surface area contributed by atoms with E-state index in [0.29, 0.717) is 22.5 Å². The predicted molar refractivity (Wildman–Crippen MR) is 124 cm³/mol. The lowest BCUT2D eigenvalue weighted by Crippen LogP contribution is -2.23. The molecule has 29 heavy (non-hydrogen) atoms. The van der Waals surface area contributed by atoms with Crippen LogP contribution in [0.1, 0.15) is 51.7 Å². The van der Waals surface area contributed by atoms with Crippen LogP contribution < -0.4 is 10.3 Å². The minimum absolute atomic E-state index is 0.187. The quantitative estimate of drug-likeness (QED) is 0.442. The molecule has 5 heteroatoms. The monoisotopic (exact) mass is 456 g/mol. The molecule has 154 valence electrons. The average molecular weight is 457 g/mol. The van der Waals surface area contributed by atoms with E-state index in [1.807, 2.05) is 36.4 Å². The molecule has 4 nitrogen and oxygen atoms in total. The van der Waals surface area contributed by atoms with Crippen LogP contribution in [0.5, 0.6) is 5.75 Å². The van der Waals surface area contributed by atoms with Crippen LogP contribution in [0.2, 0.25) is 0 Å². The van der Waals surface area contributed by atoms with E-state index in [9.17, 15) is 4.79 Å². The molecule has 0 fully saturated rings. The Kier molecular flexibility index (Phi) is 8.65. The summed E-state index contributed by atoms with van der Waals surface area (Å²) in [7, 11) is 1.64. The number of aromatic nitrogens is 2. The Balaban J connectivity index is 2.47. The van der Waals surface area contributed by atoms with Crippen molar-refractivity contribution in [2.75, 3.05) is 0 Å². The highest BCUT2D eigenvalue weighted by molar-refractivity contribution is 9.10. The molecule has 0 N–H and O–H groups in total. The van der Waals surface area contributed by atoms with Crippen molar-refractivity contribution < 1.29 is 4.74 Å². The van der Waals surface area contributed by atoms with Gasteiger partial charge in [0.25, 0.3) is 5.56 Å². The van der Waals surface area contributed by atoms with Crippen molar-refractivity contribution in [3.63, 3.8) is 0 Å². The summed E-state index contributed by atoms with van der Waals surface area (Å²) in [5, 5.41) is 4.23. The molecule has 0 spiro atoms. The molecule has 0 amide bonds. The third kappa shape index (κ3) is 6.57. The van der Waals surface area contributed by atoms with Crippen molar-refractivity contribution >= 4 is 22.0 Å². The highest BCUT2D eigenvalue weighted by Crippen LogP contribution is 2.28. The number of hydrogen-bond acceptors (Lipinski definition) is 3. The molecule has 2 aromatic rings. The lowest BCUT2D eigenvalue weighted by molar-refractivity contribution is 0.299. The van der Waals surface area contributed by atoms with E-state index in [-0.39, 0.29) is 5.56 Å². The molecule has 0 aliphatic rings. The van der Waals surface area contributed by atoms with Gasteiger partial charge in [0.2, 0.25) is 0 Å². The van der Waals surface area contributed by atoms with E-state index in [1.165, 1.54) is 10.3 Å². The van der Waals surface area contributed by atoms with Gasteiger partial charge < -0.3 is 4.74 Å². The second kappa shape index (κ2) is 11.0. The van der Waals surface area contributed by atoms with Crippen LogP contribution >= 0.6 is 15.9 Å². The molecular weight excluding hydrogens is 428 g/mol. The minimum Gasteiger partial charge on any atom is -0.485 e. The van der Waals surface area contributed by atoms with Crippen LogP contribution in [0.25, 0.3) is 6.08 Å². The van der Waals surface area contributed by atoms with Crippen LogP contribution in [-0.2, 0) is 13.7 Å². The van der Waals surface area contributed by atoms with Gasteiger partial charge in [0, 0.05) is 7.05 Å². The summed E-state index contributed by atoms with van der Waals surface area (Å²) in [6, 6.07) is 9.87. The van der Waals surface area contributed by atoms with Gasteiger partial charge in [0.15, 0.2) is 10.4 Å². The standard InChI is InChI=1S/C24H29BrN2O2/c1-6-17(3)13-18(4)14-19(7-2)15-21-22(23(25)26-27(5)24(21)28)29-16-20-11-9-8-10-12-20/h8-15H,6-7,16H2,1-5H3/b17-13+,18-14-,19-15+. The molecule has 1 aromatic heterocycles. The fraction of sp³-hybridized carbons (Fsp3) is 0.333. The van der Waals surface area contributed by atoms with Gasteiger partial charge in [-0.2, -0.15) is 5.10 Å². The lowest BCUT2D eigenvalue weighted by Gasteiger charge is -2.13. The lowest BCUT2D eigenvalue weighted by atomic mass is 10.0. The summed E-state index contributed by atoms with van der Waals surface area (Å²) in [6.45, 7) is 8.79. The summed E-state index contributed by atoms with van der Waals surface area (Å²) in [4.78, 5) is 12.8. The second-order valence-corrected chi connectivity index (χ2v) is 7.79. The average Bonchev–Trinajstić information content (AvgIpc) is 2.71. The number of allylic oxidation sites excluding steroid dienone is 5. The van der Waals surface area contributed by atoms with Gasteiger partial charge in [-0.15, -0.1) is 0 Å².